The summed E-state index contributed by atoms with van der Waals surface area (Å²) >= 11 is 0. The topological polar surface area (TPSA) is 48.3 Å². The maximum atomic E-state index is 6.13. The van der Waals surface area contributed by atoms with E-state index in [0.29, 0.717) is 12.6 Å². The molecule has 5 nitrogen and oxygen atoms in total. The van der Waals surface area contributed by atoms with E-state index in [-0.39, 0.29) is 12.7 Å². The molecule has 1 fully saturated rings. The highest BCUT2D eigenvalue weighted by atomic mass is 16.6. The van der Waals surface area contributed by atoms with E-state index in [1.807, 2.05) is 13.1 Å². The molecule has 0 bridgehead atoms. The van der Waals surface area contributed by atoms with Crippen LogP contribution in [0.3, 0.4) is 0 Å². The highest BCUT2D eigenvalue weighted by Crippen LogP contribution is 2.18. The molecule has 2 rings (SSSR count). The second-order valence-corrected chi connectivity index (χ2v) is 6.25. The van der Waals surface area contributed by atoms with Gasteiger partial charge >= 0.3 is 7.12 Å². The van der Waals surface area contributed by atoms with Gasteiger partial charge in [0.25, 0.3) is 0 Å². The van der Waals surface area contributed by atoms with E-state index in [9.17, 15) is 0 Å². The lowest BCUT2D eigenvalue weighted by atomic mass is 9.79. The van der Waals surface area contributed by atoms with Crippen molar-refractivity contribution in [2.75, 3.05) is 19.7 Å². The fourth-order valence-corrected chi connectivity index (χ4v) is 2.47. The Balaban J connectivity index is 2.07. The van der Waals surface area contributed by atoms with E-state index in [1.165, 1.54) is 0 Å². The third-order valence-corrected chi connectivity index (χ3v) is 4.17. The molecule has 118 valence electrons. The van der Waals surface area contributed by atoms with Gasteiger partial charge < -0.3 is 14.6 Å². The van der Waals surface area contributed by atoms with Crippen molar-refractivity contribution >= 4 is 12.6 Å². The molecular weight excluding hydrogens is 265 g/mol. The monoisotopic (exact) mass is 293 g/mol. The third kappa shape index (κ3) is 4.56. The van der Waals surface area contributed by atoms with Crippen molar-refractivity contribution in [3.63, 3.8) is 0 Å². The van der Waals surface area contributed by atoms with Crippen LogP contribution in [0.5, 0.6) is 0 Å². The lowest BCUT2D eigenvalue weighted by Crippen LogP contribution is -2.43. The van der Waals surface area contributed by atoms with E-state index in [0.717, 1.165) is 37.8 Å². The lowest BCUT2D eigenvalue weighted by Gasteiger charge is -2.27. The Morgan fingerprint density at radius 1 is 1.38 bits per heavy atom. The number of aromatic nitrogens is 2. The van der Waals surface area contributed by atoms with Crippen LogP contribution in [-0.4, -0.2) is 42.2 Å². The van der Waals surface area contributed by atoms with Gasteiger partial charge in [0.15, 0.2) is 0 Å². The standard InChI is InChI=1S/C15H28BN3O2/c1-5-15(3,4)21-16(20-6-2)13-11-18-19(12-13)14-7-9-17-10-8-14/h11-12,14,17H,5-10H2,1-4H3. The van der Waals surface area contributed by atoms with Crippen LogP contribution in [0, 0.1) is 0 Å². The minimum absolute atomic E-state index is 0.198. The first kappa shape index (κ1) is 16.5. The van der Waals surface area contributed by atoms with E-state index in [4.69, 9.17) is 9.31 Å². The quantitative estimate of drug-likeness (QED) is 0.778. The van der Waals surface area contributed by atoms with Gasteiger partial charge in [-0.05, 0) is 53.1 Å². The molecular formula is C15H28BN3O2. The zero-order chi connectivity index (χ0) is 15.3. The summed E-state index contributed by atoms with van der Waals surface area (Å²) in [4.78, 5) is 0. The average molecular weight is 293 g/mol. The minimum Gasteiger partial charge on any atom is -0.407 e. The number of piperidine rings is 1. The molecule has 0 unspecified atom stereocenters. The molecule has 1 aromatic heterocycles. The number of hydrogen-bond acceptors (Lipinski definition) is 4. The van der Waals surface area contributed by atoms with Crippen molar-refractivity contribution in [2.45, 2.75) is 58.6 Å². The molecule has 1 aliphatic rings. The zero-order valence-electron chi connectivity index (χ0n) is 13.8. The summed E-state index contributed by atoms with van der Waals surface area (Å²) in [5.41, 5.74) is 0.813. The van der Waals surface area contributed by atoms with E-state index >= 15 is 0 Å². The highest BCUT2D eigenvalue weighted by molar-refractivity contribution is 6.61. The molecule has 0 amide bonds. The van der Waals surface area contributed by atoms with Crippen LogP contribution in [0.2, 0.25) is 0 Å². The molecule has 1 aliphatic heterocycles. The van der Waals surface area contributed by atoms with Gasteiger partial charge in [0.1, 0.15) is 0 Å². The fourth-order valence-electron chi connectivity index (χ4n) is 2.47. The molecule has 1 aromatic rings. The molecule has 0 atom stereocenters. The summed E-state index contributed by atoms with van der Waals surface area (Å²) < 4.78 is 14.0. The maximum Gasteiger partial charge on any atom is 0.497 e. The van der Waals surface area contributed by atoms with Gasteiger partial charge in [0.05, 0.1) is 6.04 Å². The Morgan fingerprint density at radius 3 is 2.71 bits per heavy atom. The predicted molar refractivity (Wildman–Crippen MR) is 85.8 cm³/mol. The molecule has 1 saturated heterocycles. The van der Waals surface area contributed by atoms with E-state index < -0.39 is 0 Å². The number of nitrogens with one attached hydrogen (secondary N) is 1. The zero-order valence-corrected chi connectivity index (χ0v) is 13.8. The maximum absolute atomic E-state index is 6.13. The van der Waals surface area contributed by atoms with Gasteiger partial charge in [-0.25, -0.2) is 0 Å². The normalized spacial score (nSPS) is 17.1. The molecule has 0 spiro atoms. The van der Waals surface area contributed by atoms with Crippen molar-refractivity contribution in [3.05, 3.63) is 12.4 Å². The Kier molecular flexibility index (Phi) is 5.84. The van der Waals surface area contributed by atoms with Crippen LogP contribution in [0.4, 0.5) is 0 Å². The Bertz CT molecular complexity index is 430. The summed E-state index contributed by atoms with van der Waals surface area (Å²) in [5.74, 6) is 0. The first-order chi connectivity index (χ1) is 10.1. The summed E-state index contributed by atoms with van der Waals surface area (Å²) in [6, 6.07) is 0.487. The lowest BCUT2D eigenvalue weighted by molar-refractivity contribution is 0.0706. The van der Waals surface area contributed by atoms with Crippen molar-refractivity contribution < 1.29 is 9.31 Å². The van der Waals surface area contributed by atoms with Crippen molar-refractivity contribution in [1.82, 2.24) is 15.1 Å². The molecule has 0 aliphatic carbocycles. The van der Waals surface area contributed by atoms with Crippen molar-refractivity contribution in [3.8, 4) is 0 Å². The van der Waals surface area contributed by atoms with Crippen LogP contribution < -0.4 is 10.8 Å². The number of rotatable bonds is 7. The smallest absolute Gasteiger partial charge is 0.407 e. The summed E-state index contributed by atoms with van der Waals surface area (Å²) in [6.07, 6.45) is 7.17. The van der Waals surface area contributed by atoms with Crippen LogP contribution in [-0.2, 0) is 9.31 Å². The molecule has 0 radical (unpaired) electrons. The SMILES string of the molecule is CCOB(OC(C)(C)CC)c1cnn(C2CCNCC2)c1. The summed E-state index contributed by atoms with van der Waals surface area (Å²) in [5, 5.41) is 7.91. The molecule has 0 saturated carbocycles. The van der Waals surface area contributed by atoms with Gasteiger partial charge in [-0.1, -0.05) is 6.92 Å². The Labute approximate surface area is 128 Å². The fraction of sp³-hybridized carbons (Fsp3) is 0.800. The van der Waals surface area contributed by atoms with Gasteiger partial charge in [-0.2, -0.15) is 5.10 Å². The predicted octanol–water partition coefficient (Wildman–Crippen LogP) is 1.74. The van der Waals surface area contributed by atoms with Crippen molar-refractivity contribution in [1.29, 1.82) is 0 Å². The molecule has 6 heteroatoms. The number of nitrogens with zero attached hydrogens (tertiary/aromatic N) is 2. The first-order valence-corrected chi connectivity index (χ1v) is 8.10. The number of hydrogen-bond donors (Lipinski definition) is 1. The highest BCUT2D eigenvalue weighted by Gasteiger charge is 2.30. The summed E-state index contributed by atoms with van der Waals surface area (Å²) in [6.45, 7) is 11.1. The molecule has 2 heterocycles. The third-order valence-electron chi connectivity index (χ3n) is 4.17. The van der Waals surface area contributed by atoms with Gasteiger partial charge in [-0.15, -0.1) is 0 Å². The minimum atomic E-state index is -0.333. The van der Waals surface area contributed by atoms with Crippen molar-refractivity contribution in [2.24, 2.45) is 0 Å². The molecule has 1 N–H and O–H groups in total. The second kappa shape index (κ2) is 7.43. The second-order valence-electron chi connectivity index (χ2n) is 6.25. The summed E-state index contributed by atoms with van der Waals surface area (Å²) in [7, 11) is -0.333. The molecule has 21 heavy (non-hydrogen) atoms. The van der Waals surface area contributed by atoms with Gasteiger partial charge in [0.2, 0.25) is 0 Å². The van der Waals surface area contributed by atoms with E-state index in [2.05, 4.69) is 42.1 Å². The van der Waals surface area contributed by atoms with Crippen LogP contribution in [0.1, 0.15) is 53.0 Å². The van der Waals surface area contributed by atoms with Crippen LogP contribution in [0.25, 0.3) is 0 Å². The average Bonchev–Trinajstić information content (AvgIpc) is 2.97. The molecule has 0 aromatic carbocycles. The van der Waals surface area contributed by atoms with Crippen LogP contribution in [0.15, 0.2) is 12.4 Å². The largest absolute Gasteiger partial charge is 0.497 e. The van der Waals surface area contributed by atoms with Gasteiger partial charge in [-0.3, -0.25) is 4.68 Å². The van der Waals surface area contributed by atoms with Crippen LogP contribution >= 0.6 is 0 Å². The van der Waals surface area contributed by atoms with Gasteiger partial charge in [0, 0.05) is 30.1 Å². The van der Waals surface area contributed by atoms with E-state index in [1.54, 1.807) is 0 Å². The first-order valence-electron chi connectivity index (χ1n) is 8.10. The Hall–Kier alpha value is -0.845. The Morgan fingerprint density at radius 2 is 2.10 bits per heavy atom.